The number of benzene rings is 1. The van der Waals surface area contributed by atoms with Crippen LogP contribution in [0.2, 0.25) is 5.15 Å². The van der Waals surface area contributed by atoms with E-state index in [-0.39, 0.29) is 0 Å². The van der Waals surface area contributed by atoms with Gasteiger partial charge in [-0.25, -0.2) is 9.97 Å². The molecule has 0 radical (unpaired) electrons. The summed E-state index contributed by atoms with van der Waals surface area (Å²) < 4.78 is 0.728. The van der Waals surface area contributed by atoms with Gasteiger partial charge in [0, 0.05) is 0 Å². The van der Waals surface area contributed by atoms with Crippen LogP contribution in [0.3, 0.4) is 0 Å². The maximum absolute atomic E-state index is 6.12. The second kappa shape index (κ2) is 5.91. The van der Waals surface area contributed by atoms with Crippen molar-refractivity contribution < 1.29 is 0 Å². The topological polar surface area (TPSA) is 56.5 Å². The van der Waals surface area contributed by atoms with E-state index >= 15 is 0 Å². The van der Waals surface area contributed by atoms with Crippen LogP contribution in [0.4, 0.5) is 0 Å². The molecule has 0 aliphatic rings. The minimum atomic E-state index is 0.381. The summed E-state index contributed by atoms with van der Waals surface area (Å²) in [4.78, 5) is 10.3. The first kappa shape index (κ1) is 14.2. The molecule has 0 fully saturated rings. The average molecular weight is 365 g/mol. The fourth-order valence-electron chi connectivity index (χ4n) is 1.86. The normalized spacial score (nSPS) is 10.8. The lowest BCUT2D eigenvalue weighted by molar-refractivity contribution is 0.752. The Morgan fingerprint density at radius 3 is 2.67 bits per heavy atom. The van der Waals surface area contributed by atoms with Crippen LogP contribution in [-0.2, 0) is 6.42 Å². The Morgan fingerprint density at radius 2 is 1.95 bits per heavy atom. The average Bonchev–Trinajstić information content (AvgIpc) is 3.00. The molecule has 0 N–H and O–H groups in total. The largest absolute Gasteiger partial charge is 0.230 e. The Bertz CT molecular complexity index is 772. The van der Waals surface area contributed by atoms with Crippen molar-refractivity contribution in [3.63, 3.8) is 0 Å². The molecule has 0 aliphatic heterocycles. The minimum absolute atomic E-state index is 0.381. The van der Waals surface area contributed by atoms with Crippen molar-refractivity contribution in [2.45, 2.75) is 13.3 Å². The zero-order valence-electron chi connectivity index (χ0n) is 11.2. The molecule has 0 aliphatic carbocycles. The Hall–Kier alpha value is -1.79. The number of nitrogens with zero attached hydrogens (tertiary/aromatic N) is 5. The number of para-hydroxylation sites is 1. The van der Waals surface area contributed by atoms with Crippen molar-refractivity contribution in [3.8, 4) is 17.2 Å². The fraction of sp³-hybridized carbons (Fsp3) is 0.143. The van der Waals surface area contributed by atoms with Gasteiger partial charge >= 0.3 is 0 Å². The van der Waals surface area contributed by atoms with Crippen LogP contribution in [0.25, 0.3) is 17.2 Å². The molecule has 0 spiro atoms. The Labute approximate surface area is 135 Å². The van der Waals surface area contributed by atoms with Crippen LogP contribution in [-0.4, -0.2) is 25.0 Å². The Balaban J connectivity index is 2.03. The highest BCUT2D eigenvalue weighted by Gasteiger charge is 2.13. The molecule has 3 rings (SSSR count). The maximum atomic E-state index is 6.12. The summed E-state index contributed by atoms with van der Waals surface area (Å²) in [5, 5.41) is 9.03. The van der Waals surface area contributed by atoms with Crippen LogP contribution >= 0.6 is 27.5 Å². The van der Waals surface area contributed by atoms with Crippen molar-refractivity contribution in [1.82, 2.24) is 25.0 Å². The molecule has 21 heavy (non-hydrogen) atoms. The van der Waals surface area contributed by atoms with Crippen molar-refractivity contribution in [1.29, 1.82) is 0 Å². The molecule has 7 heteroatoms. The van der Waals surface area contributed by atoms with Gasteiger partial charge in [-0.1, -0.05) is 36.7 Å². The number of hydrogen-bond acceptors (Lipinski definition) is 4. The third kappa shape index (κ3) is 2.82. The molecule has 2 aromatic heterocycles. The summed E-state index contributed by atoms with van der Waals surface area (Å²) in [5.41, 5.74) is 2.31. The van der Waals surface area contributed by atoms with Crippen LogP contribution < -0.4 is 0 Å². The van der Waals surface area contributed by atoms with Crippen molar-refractivity contribution in [3.05, 3.63) is 51.8 Å². The lowest BCUT2D eigenvalue weighted by Gasteiger charge is -2.04. The molecule has 1 aromatic carbocycles. The smallest absolute Gasteiger partial charge is 0.183 e. The number of aryl methyl sites for hydroxylation is 1. The molecule has 0 atom stereocenters. The highest BCUT2D eigenvalue weighted by Crippen LogP contribution is 2.26. The monoisotopic (exact) mass is 363 g/mol. The summed E-state index contributed by atoms with van der Waals surface area (Å²) >= 11 is 9.51. The predicted octanol–water partition coefficient (Wildman–Crippen LogP) is 3.70. The first-order chi connectivity index (χ1) is 10.2. The van der Waals surface area contributed by atoms with Crippen LogP contribution in [0.15, 0.2) is 41.0 Å². The Kier molecular flexibility index (Phi) is 3.98. The number of halogens is 2. The predicted molar refractivity (Wildman–Crippen MR) is 84.5 cm³/mol. The van der Waals surface area contributed by atoms with Crippen molar-refractivity contribution in [2.75, 3.05) is 0 Å². The summed E-state index contributed by atoms with van der Waals surface area (Å²) in [6.45, 7) is 2.01. The molecule has 0 amide bonds. The first-order valence-corrected chi connectivity index (χ1v) is 7.56. The second-order valence-electron chi connectivity index (χ2n) is 4.31. The van der Waals surface area contributed by atoms with Crippen molar-refractivity contribution in [2.24, 2.45) is 0 Å². The lowest BCUT2D eigenvalue weighted by Crippen LogP contribution is -2.00. The molecule has 2 heterocycles. The molecule has 3 aromatic rings. The summed E-state index contributed by atoms with van der Waals surface area (Å²) in [5.74, 6) is 0.474. The quantitative estimate of drug-likeness (QED) is 0.665. The van der Waals surface area contributed by atoms with Gasteiger partial charge in [0.25, 0.3) is 0 Å². The molecular weight excluding hydrogens is 354 g/mol. The van der Waals surface area contributed by atoms with E-state index in [1.807, 2.05) is 37.3 Å². The number of aromatic nitrogens is 5. The van der Waals surface area contributed by atoms with Crippen LogP contribution in [0.1, 0.15) is 12.6 Å². The SMILES string of the molecule is CCc1nc(-c2cnn(-c3ccccc3)n2)nc(Cl)c1Br. The van der Waals surface area contributed by atoms with E-state index in [0.717, 1.165) is 22.3 Å². The summed E-state index contributed by atoms with van der Waals surface area (Å²) in [7, 11) is 0. The third-order valence-corrected chi connectivity index (χ3v) is 4.26. The maximum Gasteiger partial charge on any atom is 0.183 e. The van der Waals surface area contributed by atoms with Crippen molar-refractivity contribution >= 4 is 27.5 Å². The Morgan fingerprint density at radius 1 is 1.19 bits per heavy atom. The number of hydrogen-bond donors (Lipinski definition) is 0. The molecular formula is C14H11BrClN5. The second-order valence-corrected chi connectivity index (χ2v) is 5.46. The van der Waals surface area contributed by atoms with E-state index in [9.17, 15) is 0 Å². The van der Waals surface area contributed by atoms with Crippen LogP contribution in [0.5, 0.6) is 0 Å². The van der Waals surface area contributed by atoms with E-state index in [4.69, 9.17) is 11.6 Å². The zero-order valence-corrected chi connectivity index (χ0v) is 13.5. The van der Waals surface area contributed by atoms with Gasteiger partial charge in [0.15, 0.2) is 11.5 Å². The standard InChI is InChI=1S/C14H11BrClN5/c1-2-10-12(15)13(16)19-14(18-10)11-8-17-21(20-11)9-6-4-3-5-7-9/h3-8H,2H2,1H3. The van der Waals surface area contributed by atoms with E-state index in [2.05, 4.69) is 36.1 Å². The summed E-state index contributed by atoms with van der Waals surface area (Å²) in [6.07, 6.45) is 2.38. The van der Waals surface area contributed by atoms with Gasteiger partial charge in [-0.2, -0.15) is 9.90 Å². The van der Waals surface area contributed by atoms with Gasteiger partial charge in [0.2, 0.25) is 0 Å². The molecule has 106 valence electrons. The van der Waals surface area contributed by atoms with Gasteiger partial charge in [-0.3, -0.25) is 0 Å². The molecule has 0 saturated carbocycles. The van der Waals surface area contributed by atoms with Gasteiger partial charge in [0.05, 0.1) is 22.1 Å². The lowest BCUT2D eigenvalue weighted by atomic mass is 10.3. The van der Waals surface area contributed by atoms with E-state index < -0.39 is 0 Å². The van der Waals surface area contributed by atoms with E-state index in [1.165, 1.54) is 0 Å². The van der Waals surface area contributed by atoms with Crippen LogP contribution in [0, 0.1) is 0 Å². The zero-order chi connectivity index (χ0) is 14.8. The molecule has 0 saturated heterocycles. The first-order valence-electron chi connectivity index (χ1n) is 6.39. The molecule has 5 nitrogen and oxygen atoms in total. The van der Waals surface area contributed by atoms with E-state index in [1.54, 1.807) is 11.0 Å². The summed E-state index contributed by atoms with van der Waals surface area (Å²) in [6, 6.07) is 9.66. The third-order valence-electron chi connectivity index (χ3n) is 2.92. The van der Waals surface area contributed by atoms with Gasteiger partial charge < -0.3 is 0 Å². The van der Waals surface area contributed by atoms with E-state index in [0.29, 0.717) is 16.7 Å². The van der Waals surface area contributed by atoms with Gasteiger partial charge in [-0.05, 0) is 34.5 Å². The molecule has 0 bridgehead atoms. The van der Waals surface area contributed by atoms with Gasteiger partial charge in [-0.15, -0.1) is 5.10 Å². The van der Waals surface area contributed by atoms with Gasteiger partial charge in [0.1, 0.15) is 5.15 Å². The fourth-order valence-corrected chi connectivity index (χ4v) is 2.51. The molecule has 0 unspecified atom stereocenters. The minimum Gasteiger partial charge on any atom is -0.230 e. The highest BCUT2D eigenvalue weighted by molar-refractivity contribution is 9.10. The number of rotatable bonds is 3. The highest BCUT2D eigenvalue weighted by atomic mass is 79.9.